The van der Waals surface area contributed by atoms with Crippen LogP contribution in [-0.4, -0.2) is 37.8 Å². The van der Waals surface area contributed by atoms with Crippen molar-refractivity contribution in [2.75, 3.05) is 6.61 Å². The van der Waals surface area contributed by atoms with Crippen molar-refractivity contribution in [2.45, 2.75) is 19.9 Å². The van der Waals surface area contributed by atoms with Crippen LogP contribution in [0.3, 0.4) is 0 Å². The van der Waals surface area contributed by atoms with Gasteiger partial charge in [-0.05, 0) is 30.2 Å². The van der Waals surface area contributed by atoms with Gasteiger partial charge in [-0.1, -0.05) is 34.9 Å². The lowest BCUT2D eigenvalue weighted by Crippen LogP contribution is -2.35. The fourth-order valence-corrected chi connectivity index (χ4v) is 2.44. The number of carbonyl (C=O) groups is 1. The lowest BCUT2D eigenvalue weighted by Gasteiger charge is -2.18. The Hall–Kier alpha value is -2.75. The first-order valence-electron chi connectivity index (χ1n) is 7.90. The van der Waals surface area contributed by atoms with Gasteiger partial charge in [-0.25, -0.2) is 4.98 Å². The molecule has 0 bridgehead atoms. The van der Waals surface area contributed by atoms with Crippen LogP contribution in [0.1, 0.15) is 25.8 Å². The molecule has 1 unspecified atom stereocenters. The number of aromatic amines is 1. The van der Waals surface area contributed by atoms with Gasteiger partial charge in [0.25, 0.3) is 5.91 Å². The Labute approximate surface area is 157 Å². The van der Waals surface area contributed by atoms with Gasteiger partial charge in [-0.15, -0.1) is 0 Å². The Morgan fingerprint density at radius 3 is 2.77 bits per heavy atom. The lowest BCUT2D eigenvalue weighted by atomic mass is 10.0. The van der Waals surface area contributed by atoms with E-state index >= 15 is 0 Å². The van der Waals surface area contributed by atoms with E-state index in [-0.39, 0.29) is 24.3 Å². The van der Waals surface area contributed by atoms with Gasteiger partial charge in [0.1, 0.15) is 18.1 Å². The highest BCUT2D eigenvalue weighted by atomic mass is 79.9. The van der Waals surface area contributed by atoms with Crippen molar-refractivity contribution in [1.29, 1.82) is 0 Å². The Kier molecular flexibility index (Phi) is 5.61. The minimum Gasteiger partial charge on any atom is -0.484 e. The van der Waals surface area contributed by atoms with Crippen molar-refractivity contribution >= 4 is 21.8 Å². The number of amides is 1. The number of nitrogens with one attached hydrogen (secondary N) is 2. The molecule has 3 rings (SSSR count). The second kappa shape index (κ2) is 8.09. The lowest BCUT2D eigenvalue weighted by molar-refractivity contribution is -0.124. The number of nitrogens with zero attached hydrogens (tertiary/aromatic N) is 4. The maximum atomic E-state index is 12.2. The predicted octanol–water partition coefficient (Wildman–Crippen LogP) is 2.51. The quantitative estimate of drug-likeness (QED) is 0.602. The third-order valence-electron chi connectivity index (χ3n) is 3.50. The van der Waals surface area contributed by atoms with Gasteiger partial charge in [-0.2, -0.15) is 10.1 Å². The largest absolute Gasteiger partial charge is 0.484 e. The molecule has 1 atom stereocenters. The zero-order chi connectivity index (χ0) is 18.5. The Bertz CT molecular complexity index is 847. The third kappa shape index (κ3) is 4.45. The molecule has 0 saturated carbocycles. The molecular formula is C16H17BrN6O3. The molecule has 0 fully saturated rings. The van der Waals surface area contributed by atoms with Crippen molar-refractivity contribution < 1.29 is 14.1 Å². The van der Waals surface area contributed by atoms with E-state index in [9.17, 15) is 4.79 Å². The predicted molar refractivity (Wildman–Crippen MR) is 95.0 cm³/mol. The van der Waals surface area contributed by atoms with Gasteiger partial charge < -0.3 is 14.6 Å². The van der Waals surface area contributed by atoms with Crippen LogP contribution in [0.5, 0.6) is 5.75 Å². The molecule has 136 valence electrons. The highest BCUT2D eigenvalue weighted by Crippen LogP contribution is 2.22. The fraction of sp³-hybridized carbons (Fsp3) is 0.312. The van der Waals surface area contributed by atoms with Crippen LogP contribution >= 0.6 is 15.9 Å². The molecule has 0 radical (unpaired) electrons. The number of carbonyl (C=O) groups excluding carboxylic acids is 1. The normalized spacial score (nSPS) is 12.2. The summed E-state index contributed by atoms with van der Waals surface area (Å²) in [5.74, 6) is 1.33. The first kappa shape index (κ1) is 18.1. The monoisotopic (exact) mass is 420 g/mol. The summed E-state index contributed by atoms with van der Waals surface area (Å²) in [5, 5.41) is 13.1. The highest BCUT2D eigenvalue weighted by Gasteiger charge is 2.25. The molecule has 26 heavy (non-hydrogen) atoms. The number of halogens is 1. The zero-order valence-corrected chi connectivity index (χ0v) is 15.7. The first-order chi connectivity index (χ1) is 12.5. The summed E-state index contributed by atoms with van der Waals surface area (Å²) in [6, 6.07) is 6.79. The summed E-state index contributed by atoms with van der Waals surface area (Å²) < 4.78 is 11.7. The van der Waals surface area contributed by atoms with E-state index in [4.69, 9.17) is 9.26 Å². The van der Waals surface area contributed by atoms with E-state index in [1.807, 2.05) is 26.0 Å². The van der Waals surface area contributed by atoms with Crippen molar-refractivity contribution in [2.24, 2.45) is 5.92 Å². The van der Waals surface area contributed by atoms with E-state index in [2.05, 4.69) is 46.6 Å². The molecule has 0 aliphatic heterocycles. The van der Waals surface area contributed by atoms with Crippen LogP contribution in [0.2, 0.25) is 0 Å². The second-order valence-electron chi connectivity index (χ2n) is 5.82. The highest BCUT2D eigenvalue weighted by molar-refractivity contribution is 9.10. The Morgan fingerprint density at radius 2 is 2.12 bits per heavy atom. The van der Waals surface area contributed by atoms with Crippen LogP contribution < -0.4 is 10.1 Å². The molecule has 0 spiro atoms. The number of H-pyrrole nitrogens is 1. The van der Waals surface area contributed by atoms with Crippen molar-refractivity contribution in [3.63, 3.8) is 0 Å². The summed E-state index contributed by atoms with van der Waals surface area (Å²) in [4.78, 5) is 20.5. The number of benzene rings is 1. The molecule has 2 N–H and O–H groups in total. The molecular weight excluding hydrogens is 404 g/mol. The van der Waals surface area contributed by atoms with Crippen molar-refractivity contribution in [3.8, 4) is 17.4 Å². The van der Waals surface area contributed by atoms with Gasteiger partial charge in [0.2, 0.25) is 11.7 Å². The topological polar surface area (TPSA) is 119 Å². The summed E-state index contributed by atoms with van der Waals surface area (Å²) in [6.45, 7) is 3.77. The van der Waals surface area contributed by atoms with Gasteiger partial charge in [-0.3, -0.25) is 9.89 Å². The van der Waals surface area contributed by atoms with E-state index in [0.29, 0.717) is 17.5 Å². The second-order valence-corrected chi connectivity index (χ2v) is 6.74. The van der Waals surface area contributed by atoms with Crippen LogP contribution in [0.4, 0.5) is 0 Å². The molecule has 1 amide bonds. The van der Waals surface area contributed by atoms with Crippen LogP contribution in [0.15, 0.2) is 39.6 Å². The van der Waals surface area contributed by atoms with Crippen molar-refractivity contribution in [1.82, 2.24) is 30.6 Å². The van der Waals surface area contributed by atoms with Crippen molar-refractivity contribution in [3.05, 3.63) is 41.0 Å². The van der Waals surface area contributed by atoms with E-state index in [0.717, 1.165) is 4.47 Å². The SMILES string of the molecule is CC(C)C(NC(=O)COc1ccc(Br)cc1)c1nc(-c2ncn[nH]2)no1. The van der Waals surface area contributed by atoms with E-state index < -0.39 is 6.04 Å². The van der Waals surface area contributed by atoms with E-state index in [1.165, 1.54) is 6.33 Å². The maximum Gasteiger partial charge on any atom is 0.258 e. The average Bonchev–Trinajstić information content (AvgIpc) is 3.30. The fourth-order valence-electron chi connectivity index (χ4n) is 2.18. The average molecular weight is 421 g/mol. The van der Waals surface area contributed by atoms with Gasteiger partial charge in [0.15, 0.2) is 12.4 Å². The molecule has 2 heterocycles. The number of aromatic nitrogens is 5. The standard InChI is InChI=1S/C16H17BrN6O3/c1-9(2)13(16-21-15(23-26-16)14-18-8-19-22-14)20-12(24)7-25-11-5-3-10(17)4-6-11/h3-6,8-9,13H,7H2,1-2H3,(H,20,24)(H,18,19,22). The smallest absolute Gasteiger partial charge is 0.258 e. The number of ether oxygens (including phenoxy) is 1. The minimum absolute atomic E-state index is 0.0367. The maximum absolute atomic E-state index is 12.2. The third-order valence-corrected chi connectivity index (χ3v) is 4.03. The Morgan fingerprint density at radius 1 is 1.35 bits per heavy atom. The zero-order valence-electron chi connectivity index (χ0n) is 14.1. The molecule has 1 aromatic carbocycles. The van der Waals surface area contributed by atoms with Crippen LogP contribution in [0.25, 0.3) is 11.6 Å². The van der Waals surface area contributed by atoms with Crippen LogP contribution in [-0.2, 0) is 4.79 Å². The van der Waals surface area contributed by atoms with Crippen LogP contribution in [0, 0.1) is 5.92 Å². The first-order valence-corrected chi connectivity index (χ1v) is 8.69. The molecule has 3 aromatic rings. The number of hydrogen-bond donors (Lipinski definition) is 2. The molecule has 0 saturated heterocycles. The molecule has 0 aliphatic rings. The van der Waals surface area contributed by atoms with E-state index in [1.54, 1.807) is 12.1 Å². The minimum atomic E-state index is -0.444. The summed E-state index contributed by atoms with van der Waals surface area (Å²) in [5.41, 5.74) is 0. The molecule has 10 heteroatoms. The number of hydrogen-bond acceptors (Lipinski definition) is 7. The summed E-state index contributed by atoms with van der Waals surface area (Å²) in [6.07, 6.45) is 1.35. The molecule has 2 aromatic heterocycles. The molecule has 0 aliphatic carbocycles. The summed E-state index contributed by atoms with van der Waals surface area (Å²) >= 11 is 3.35. The summed E-state index contributed by atoms with van der Waals surface area (Å²) in [7, 11) is 0. The molecule has 9 nitrogen and oxygen atoms in total. The van der Waals surface area contributed by atoms with Gasteiger partial charge in [0.05, 0.1) is 0 Å². The van der Waals surface area contributed by atoms with Gasteiger partial charge >= 0.3 is 0 Å². The number of rotatable bonds is 7. The Balaban J connectivity index is 1.63. The van der Waals surface area contributed by atoms with Gasteiger partial charge in [0, 0.05) is 4.47 Å².